The van der Waals surface area contributed by atoms with Gasteiger partial charge in [0.1, 0.15) is 5.75 Å². The minimum absolute atomic E-state index is 0.135. The van der Waals surface area contributed by atoms with Crippen LogP contribution in [0.3, 0.4) is 0 Å². The van der Waals surface area contributed by atoms with Crippen molar-refractivity contribution in [2.24, 2.45) is 0 Å². The van der Waals surface area contributed by atoms with Crippen LogP contribution in [0.1, 0.15) is 16.7 Å². The van der Waals surface area contributed by atoms with E-state index in [4.69, 9.17) is 14.2 Å². The summed E-state index contributed by atoms with van der Waals surface area (Å²) >= 11 is 0. The van der Waals surface area contributed by atoms with Crippen LogP contribution in [0.25, 0.3) is 5.57 Å². The number of aryl methyl sites for hydroxylation is 1. The van der Waals surface area contributed by atoms with Gasteiger partial charge in [-0.05, 0) is 30.2 Å². The van der Waals surface area contributed by atoms with Gasteiger partial charge >= 0.3 is 5.97 Å². The molecule has 0 aromatic heterocycles. The van der Waals surface area contributed by atoms with Crippen LogP contribution in [-0.4, -0.2) is 27.0 Å². The molecule has 120 valence electrons. The minimum atomic E-state index is -0.414. The van der Waals surface area contributed by atoms with Gasteiger partial charge in [-0.2, -0.15) is 0 Å². The maximum absolute atomic E-state index is 11.8. The van der Waals surface area contributed by atoms with Crippen LogP contribution < -0.4 is 4.74 Å². The molecule has 2 rings (SSSR count). The van der Waals surface area contributed by atoms with E-state index in [2.05, 4.69) is 0 Å². The number of rotatable bonds is 6. The molecule has 0 radical (unpaired) electrons. The number of hydrogen-bond acceptors (Lipinski definition) is 4. The summed E-state index contributed by atoms with van der Waals surface area (Å²) in [5.74, 6) is 0.236. The second-order valence-electron chi connectivity index (χ2n) is 5.00. The Morgan fingerprint density at radius 1 is 1.09 bits per heavy atom. The number of hydrogen-bond donors (Lipinski definition) is 0. The fourth-order valence-electron chi connectivity index (χ4n) is 2.21. The lowest BCUT2D eigenvalue weighted by molar-refractivity contribution is -0.134. The Morgan fingerprint density at radius 2 is 1.83 bits per heavy atom. The fraction of sp³-hybridized carbons (Fsp3) is 0.211. The van der Waals surface area contributed by atoms with Crippen molar-refractivity contribution in [3.63, 3.8) is 0 Å². The third-order valence-electron chi connectivity index (χ3n) is 3.31. The summed E-state index contributed by atoms with van der Waals surface area (Å²) in [4.78, 5) is 11.8. The summed E-state index contributed by atoms with van der Waals surface area (Å²) in [7, 11) is 2.93. The molecule has 0 atom stereocenters. The van der Waals surface area contributed by atoms with Gasteiger partial charge in [0.15, 0.2) is 6.79 Å². The number of carbonyl (C=O) groups is 1. The number of carbonyl (C=O) groups excluding carboxylic acids is 1. The zero-order valence-corrected chi connectivity index (χ0v) is 13.5. The normalized spacial score (nSPS) is 11.2. The SMILES string of the molecule is COCOc1ccc(C)cc1C(=CC(=O)OC)c1ccccc1. The molecule has 0 unspecified atom stereocenters. The monoisotopic (exact) mass is 312 g/mol. The highest BCUT2D eigenvalue weighted by molar-refractivity contribution is 5.97. The van der Waals surface area contributed by atoms with Crippen molar-refractivity contribution in [1.82, 2.24) is 0 Å². The Labute approximate surface area is 136 Å². The number of methoxy groups -OCH3 is 2. The Morgan fingerprint density at radius 3 is 2.48 bits per heavy atom. The van der Waals surface area contributed by atoms with Crippen LogP contribution in [0, 0.1) is 6.92 Å². The quantitative estimate of drug-likeness (QED) is 0.464. The van der Waals surface area contributed by atoms with Crippen molar-refractivity contribution < 1.29 is 19.0 Å². The van der Waals surface area contributed by atoms with E-state index in [1.807, 2.05) is 55.5 Å². The molecule has 23 heavy (non-hydrogen) atoms. The van der Waals surface area contributed by atoms with Crippen LogP contribution in [0.2, 0.25) is 0 Å². The third-order valence-corrected chi connectivity index (χ3v) is 3.31. The van der Waals surface area contributed by atoms with E-state index in [9.17, 15) is 4.79 Å². The van der Waals surface area contributed by atoms with E-state index in [1.165, 1.54) is 13.2 Å². The van der Waals surface area contributed by atoms with Gasteiger partial charge in [0, 0.05) is 18.7 Å². The topological polar surface area (TPSA) is 44.8 Å². The Kier molecular flexibility index (Phi) is 5.94. The molecule has 0 fully saturated rings. The standard InChI is InChI=1S/C19H20O4/c1-14-9-10-18(23-13-21-2)17(11-14)16(12-19(20)22-3)15-7-5-4-6-8-15/h4-12H,13H2,1-3H3. The zero-order valence-electron chi connectivity index (χ0n) is 13.5. The van der Waals surface area contributed by atoms with Crippen molar-refractivity contribution >= 4 is 11.5 Å². The smallest absolute Gasteiger partial charge is 0.331 e. The van der Waals surface area contributed by atoms with Crippen molar-refractivity contribution in [2.45, 2.75) is 6.92 Å². The van der Waals surface area contributed by atoms with E-state index in [0.29, 0.717) is 5.75 Å². The van der Waals surface area contributed by atoms with Crippen LogP contribution in [0.5, 0.6) is 5.75 Å². The molecule has 2 aromatic carbocycles. The van der Waals surface area contributed by atoms with Gasteiger partial charge in [-0.25, -0.2) is 4.79 Å². The van der Waals surface area contributed by atoms with Gasteiger partial charge in [-0.15, -0.1) is 0 Å². The molecular weight excluding hydrogens is 292 g/mol. The lowest BCUT2D eigenvalue weighted by Crippen LogP contribution is -2.04. The van der Waals surface area contributed by atoms with Crippen LogP contribution >= 0.6 is 0 Å². The molecule has 0 spiro atoms. The predicted octanol–water partition coefficient (Wildman–Crippen LogP) is 3.58. The molecule has 0 saturated heterocycles. The molecule has 2 aromatic rings. The first-order valence-electron chi connectivity index (χ1n) is 7.23. The van der Waals surface area contributed by atoms with E-state index < -0.39 is 5.97 Å². The maximum atomic E-state index is 11.8. The Balaban J connectivity index is 2.57. The summed E-state index contributed by atoms with van der Waals surface area (Å²) in [6.45, 7) is 2.13. The summed E-state index contributed by atoms with van der Waals surface area (Å²) in [5.41, 5.74) is 3.54. The van der Waals surface area contributed by atoms with Gasteiger partial charge in [-0.3, -0.25) is 0 Å². The van der Waals surface area contributed by atoms with Crippen LogP contribution in [0.15, 0.2) is 54.6 Å². The van der Waals surface area contributed by atoms with Crippen molar-refractivity contribution in [3.05, 3.63) is 71.3 Å². The minimum Gasteiger partial charge on any atom is -0.467 e. The molecule has 0 bridgehead atoms. The third kappa shape index (κ3) is 4.44. The Hall–Kier alpha value is -2.59. The van der Waals surface area contributed by atoms with Gasteiger partial charge in [-0.1, -0.05) is 42.0 Å². The first-order chi connectivity index (χ1) is 11.2. The number of esters is 1. The fourth-order valence-corrected chi connectivity index (χ4v) is 2.21. The first-order valence-corrected chi connectivity index (χ1v) is 7.23. The molecule has 0 saturated carbocycles. The molecule has 0 aliphatic rings. The summed E-state index contributed by atoms with van der Waals surface area (Å²) in [6.07, 6.45) is 1.48. The first kappa shape index (κ1) is 16.8. The maximum Gasteiger partial charge on any atom is 0.331 e. The molecule has 0 aliphatic carbocycles. The predicted molar refractivity (Wildman–Crippen MR) is 89.2 cm³/mol. The molecular formula is C19H20O4. The van der Waals surface area contributed by atoms with Gasteiger partial charge in [0.2, 0.25) is 0 Å². The van der Waals surface area contributed by atoms with Crippen molar-refractivity contribution in [3.8, 4) is 5.75 Å². The van der Waals surface area contributed by atoms with Crippen LogP contribution in [0.4, 0.5) is 0 Å². The van der Waals surface area contributed by atoms with Crippen LogP contribution in [-0.2, 0) is 14.3 Å². The van der Waals surface area contributed by atoms with Gasteiger partial charge in [0.05, 0.1) is 7.11 Å². The summed E-state index contributed by atoms with van der Waals surface area (Å²) in [5, 5.41) is 0. The highest BCUT2D eigenvalue weighted by atomic mass is 16.7. The molecule has 0 N–H and O–H groups in total. The highest BCUT2D eigenvalue weighted by Crippen LogP contribution is 2.32. The van der Waals surface area contributed by atoms with E-state index in [1.54, 1.807) is 7.11 Å². The van der Waals surface area contributed by atoms with Crippen molar-refractivity contribution in [1.29, 1.82) is 0 Å². The van der Waals surface area contributed by atoms with Crippen molar-refractivity contribution in [2.75, 3.05) is 21.0 Å². The molecule has 0 heterocycles. The summed E-state index contributed by atoms with van der Waals surface area (Å²) < 4.78 is 15.4. The second-order valence-corrected chi connectivity index (χ2v) is 5.00. The largest absolute Gasteiger partial charge is 0.467 e. The average Bonchev–Trinajstić information content (AvgIpc) is 2.59. The highest BCUT2D eigenvalue weighted by Gasteiger charge is 2.14. The molecule has 0 amide bonds. The molecule has 0 aliphatic heterocycles. The number of benzene rings is 2. The number of ether oxygens (including phenoxy) is 3. The van der Waals surface area contributed by atoms with E-state index in [-0.39, 0.29) is 6.79 Å². The lowest BCUT2D eigenvalue weighted by Gasteiger charge is -2.15. The Bertz CT molecular complexity index is 690. The summed E-state index contributed by atoms with van der Waals surface area (Å²) in [6, 6.07) is 15.5. The molecule has 4 nitrogen and oxygen atoms in total. The van der Waals surface area contributed by atoms with Gasteiger partial charge in [0.25, 0.3) is 0 Å². The lowest BCUT2D eigenvalue weighted by atomic mass is 9.95. The molecule has 4 heteroatoms. The second kappa shape index (κ2) is 8.15. The van der Waals surface area contributed by atoms with Gasteiger partial charge < -0.3 is 14.2 Å². The van der Waals surface area contributed by atoms with E-state index >= 15 is 0 Å². The van der Waals surface area contributed by atoms with E-state index in [0.717, 1.165) is 22.3 Å². The average molecular weight is 312 g/mol. The zero-order chi connectivity index (χ0) is 16.7.